The molecule has 1 atom stereocenters. The van der Waals surface area contributed by atoms with Crippen LogP contribution >= 0.6 is 11.3 Å². The molecular formula is C20H27N5OS. The van der Waals surface area contributed by atoms with E-state index in [2.05, 4.69) is 25.1 Å². The van der Waals surface area contributed by atoms with Gasteiger partial charge in [-0.2, -0.15) is 0 Å². The van der Waals surface area contributed by atoms with E-state index >= 15 is 0 Å². The Kier molecular flexibility index (Phi) is 5.87. The van der Waals surface area contributed by atoms with Gasteiger partial charge in [-0.25, -0.2) is 9.78 Å². The molecule has 7 heteroatoms. The Balaban J connectivity index is 1.37. The molecule has 4 heterocycles. The molecule has 0 bridgehead atoms. The van der Waals surface area contributed by atoms with Gasteiger partial charge in [0.25, 0.3) is 0 Å². The normalized spacial score (nSPS) is 21.7. The summed E-state index contributed by atoms with van der Waals surface area (Å²) < 4.78 is 0. The predicted molar refractivity (Wildman–Crippen MR) is 108 cm³/mol. The van der Waals surface area contributed by atoms with Crippen LogP contribution in [-0.2, 0) is 0 Å². The molecule has 2 aromatic heterocycles. The van der Waals surface area contributed by atoms with Crippen molar-refractivity contribution < 1.29 is 4.79 Å². The Morgan fingerprint density at radius 1 is 1.04 bits per heavy atom. The van der Waals surface area contributed by atoms with Crippen LogP contribution in [0.15, 0.2) is 36.1 Å². The number of nitrogens with one attached hydrogen (secondary N) is 1. The summed E-state index contributed by atoms with van der Waals surface area (Å²) in [6, 6.07) is 4.58. The largest absolute Gasteiger partial charge is 0.348 e. The predicted octanol–water partition coefficient (Wildman–Crippen LogP) is 3.83. The highest BCUT2D eigenvalue weighted by molar-refractivity contribution is 7.13. The summed E-state index contributed by atoms with van der Waals surface area (Å²) in [6.45, 7) is 2.73. The summed E-state index contributed by atoms with van der Waals surface area (Å²) in [5.41, 5.74) is 1.20. The third kappa shape index (κ3) is 4.40. The molecule has 2 amide bonds. The number of piperidine rings is 1. The van der Waals surface area contributed by atoms with E-state index in [4.69, 9.17) is 0 Å². The molecule has 4 rings (SSSR count). The van der Waals surface area contributed by atoms with Crippen molar-refractivity contribution in [3.8, 4) is 0 Å². The third-order valence-corrected chi connectivity index (χ3v) is 6.45. The van der Waals surface area contributed by atoms with Crippen molar-refractivity contribution in [2.45, 2.75) is 50.6 Å². The van der Waals surface area contributed by atoms with Crippen molar-refractivity contribution in [2.75, 3.05) is 24.5 Å². The van der Waals surface area contributed by atoms with Gasteiger partial charge in [0.2, 0.25) is 0 Å². The first kappa shape index (κ1) is 18.2. The molecule has 2 aromatic rings. The molecule has 144 valence electrons. The Hall–Kier alpha value is -2.15. The van der Waals surface area contributed by atoms with Crippen LogP contribution in [0.5, 0.6) is 0 Å². The van der Waals surface area contributed by atoms with Crippen LogP contribution < -0.4 is 10.2 Å². The average molecular weight is 386 g/mol. The maximum absolute atomic E-state index is 13.1. The fourth-order valence-corrected chi connectivity index (χ4v) is 4.83. The first-order valence-corrected chi connectivity index (χ1v) is 10.8. The molecule has 27 heavy (non-hydrogen) atoms. The fourth-order valence-electron chi connectivity index (χ4n) is 4.13. The van der Waals surface area contributed by atoms with Crippen LogP contribution in [0.1, 0.15) is 50.1 Å². The van der Waals surface area contributed by atoms with Gasteiger partial charge < -0.3 is 15.1 Å². The summed E-state index contributed by atoms with van der Waals surface area (Å²) in [4.78, 5) is 26.0. The zero-order valence-electron chi connectivity index (χ0n) is 15.6. The number of likely N-dealkylation sites (tertiary alicyclic amines) is 1. The van der Waals surface area contributed by atoms with Crippen molar-refractivity contribution in [1.29, 1.82) is 0 Å². The Bertz CT molecular complexity index is 715. The van der Waals surface area contributed by atoms with Gasteiger partial charge in [-0.1, -0.05) is 12.8 Å². The summed E-state index contributed by atoms with van der Waals surface area (Å²) in [5.74, 6) is 0. The molecule has 0 spiro atoms. The number of carbonyl (C=O) groups excluding carboxylic acids is 1. The van der Waals surface area contributed by atoms with E-state index in [1.54, 1.807) is 11.3 Å². The second kappa shape index (κ2) is 8.69. The number of hydrogen-bond acceptors (Lipinski definition) is 5. The van der Waals surface area contributed by atoms with Gasteiger partial charge in [0.05, 0.1) is 6.04 Å². The van der Waals surface area contributed by atoms with Gasteiger partial charge >= 0.3 is 6.03 Å². The highest BCUT2D eigenvalue weighted by Crippen LogP contribution is 2.30. The molecule has 0 radical (unpaired) electrons. The minimum absolute atomic E-state index is 0.0893. The number of aromatic nitrogens is 2. The molecule has 2 fully saturated rings. The summed E-state index contributed by atoms with van der Waals surface area (Å²) in [7, 11) is 0. The van der Waals surface area contributed by atoms with E-state index in [0.29, 0.717) is 0 Å². The molecular weight excluding hydrogens is 358 g/mol. The van der Waals surface area contributed by atoms with Crippen LogP contribution in [0.2, 0.25) is 0 Å². The smallest absolute Gasteiger partial charge is 0.318 e. The fraction of sp³-hybridized carbons (Fsp3) is 0.550. The molecule has 2 aliphatic rings. The number of rotatable bonds is 3. The maximum Gasteiger partial charge on any atom is 0.318 e. The van der Waals surface area contributed by atoms with E-state index in [9.17, 15) is 4.79 Å². The van der Waals surface area contributed by atoms with Gasteiger partial charge in [-0.05, 0) is 43.4 Å². The van der Waals surface area contributed by atoms with Crippen LogP contribution in [-0.4, -0.2) is 46.6 Å². The van der Waals surface area contributed by atoms with Crippen molar-refractivity contribution >= 4 is 22.5 Å². The van der Waals surface area contributed by atoms with Gasteiger partial charge in [-0.15, -0.1) is 11.3 Å². The lowest BCUT2D eigenvalue weighted by Crippen LogP contribution is -2.50. The number of thiazole rings is 1. The second-order valence-corrected chi connectivity index (χ2v) is 8.24. The number of nitrogens with zero attached hydrogens (tertiary/aromatic N) is 4. The number of pyridine rings is 1. The zero-order chi connectivity index (χ0) is 18.5. The highest BCUT2D eigenvalue weighted by atomic mass is 32.1. The van der Waals surface area contributed by atoms with Crippen LogP contribution in [0, 0.1) is 0 Å². The van der Waals surface area contributed by atoms with Crippen LogP contribution in [0.4, 0.5) is 9.93 Å². The van der Waals surface area contributed by atoms with Gasteiger partial charge in [0.15, 0.2) is 5.13 Å². The summed E-state index contributed by atoms with van der Waals surface area (Å²) in [6.07, 6.45) is 11.9. The second-order valence-electron chi connectivity index (χ2n) is 7.36. The van der Waals surface area contributed by atoms with E-state index < -0.39 is 0 Å². The van der Waals surface area contributed by atoms with Crippen LogP contribution in [0.3, 0.4) is 0 Å². The maximum atomic E-state index is 13.1. The van der Waals surface area contributed by atoms with E-state index in [-0.39, 0.29) is 18.1 Å². The van der Waals surface area contributed by atoms with Crippen LogP contribution in [0.25, 0.3) is 0 Å². The van der Waals surface area contributed by atoms with E-state index in [0.717, 1.165) is 50.4 Å². The number of carbonyl (C=O) groups is 1. The monoisotopic (exact) mass is 385 g/mol. The molecule has 2 saturated heterocycles. The topological polar surface area (TPSA) is 61.4 Å². The quantitative estimate of drug-likeness (QED) is 0.872. The molecule has 1 unspecified atom stereocenters. The molecule has 0 aromatic carbocycles. The molecule has 0 aliphatic carbocycles. The van der Waals surface area contributed by atoms with Gasteiger partial charge in [0.1, 0.15) is 0 Å². The summed E-state index contributed by atoms with van der Waals surface area (Å²) >= 11 is 1.68. The number of amides is 2. The highest BCUT2D eigenvalue weighted by Gasteiger charge is 2.29. The van der Waals surface area contributed by atoms with E-state index in [1.807, 2.05) is 36.1 Å². The Morgan fingerprint density at radius 3 is 2.59 bits per heavy atom. The molecule has 0 saturated carbocycles. The minimum atomic E-state index is 0.0893. The van der Waals surface area contributed by atoms with Crippen molar-refractivity contribution in [3.63, 3.8) is 0 Å². The Labute approximate surface area is 164 Å². The average Bonchev–Trinajstić information content (AvgIpc) is 3.13. The van der Waals surface area contributed by atoms with Gasteiger partial charge in [-0.3, -0.25) is 4.98 Å². The molecule has 6 nitrogen and oxygen atoms in total. The number of anilines is 1. The number of urea groups is 1. The Morgan fingerprint density at radius 2 is 1.85 bits per heavy atom. The lowest BCUT2D eigenvalue weighted by atomic mass is 10.0. The molecule has 1 N–H and O–H groups in total. The lowest BCUT2D eigenvalue weighted by molar-refractivity contribution is 0.170. The van der Waals surface area contributed by atoms with Gasteiger partial charge in [0, 0.05) is 49.6 Å². The zero-order valence-corrected chi connectivity index (χ0v) is 16.4. The van der Waals surface area contributed by atoms with Crippen molar-refractivity contribution in [2.24, 2.45) is 0 Å². The summed E-state index contributed by atoms with van der Waals surface area (Å²) in [5, 5.41) is 6.41. The molecule has 2 aliphatic heterocycles. The lowest BCUT2D eigenvalue weighted by Gasteiger charge is -2.35. The van der Waals surface area contributed by atoms with E-state index in [1.165, 1.54) is 18.4 Å². The minimum Gasteiger partial charge on any atom is -0.348 e. The SMILES string of the molecule is O=C(NC1CCN(c2nccs2)CC1)N1CCCCCC1c1ccncc1. The van der Waals surface area contributed by atoms with Crippen molar-refractivity contribution in [3.05, 3.63) is 41.7 Å². The third-order valence-electron chi connectivity index (χ3n) is 5.62. The standard InChI is InChI=1S/C20H27N5OS/c26-19(23-17-7-13-24(14-8-17)20-22-11-15-27-20)25-12-3-1-2-4-18(25)16-5-9-21-10-6-16/h5-6,9-11,15,17-18H,1-4,7-8,12-14H2,(H,23,26). The number of hydrogen-bond donors (Lipinski definition) is 1. The van der Waals surface area contributed by atoms with Crippen molar-refractivity contribution in [1.82, 2.24) is 20.2 Å². The first-order chi connectivity index (χ1) is 13.3. The first-order valence-electron chi connectivity index (χ1n) is 9.93.